The number of para-hydroxylation sites is 1. The number of benzene rings is 2. The van der Waals surface area contributed by atoms with Crippen LogP contribution in [-0.4, -0.2) is 10.0 Å². The summed E-state index contributed by atoms with van der Waals surface area (Å²) in [5, 5.41) is 20.3. The molecule has 1 N–H and O–H groups in total. The first-order valence-electron chi connectivity index (χ1n) is 6.21. The van der Waals surface area contributed by atoms with Crippen LogP contribution in [0.25, 0.3) is 0 Å². The van der Waals surface area contributed by atoms with Crippen molar-refractivity contribution in [2.24, 2.45) is 0 Å². The molecule has 0 amide bonds. The molecule has 0 radical (unpaired) electrons. The molecule has 0 heterocycles. The van der Waals surface area contributed by atoms with Crippen molar-refractivity contribution in [1.82, 2.24) is 0 Å². The Morgan fingerprint density at radius 3 is 2.45 bits per heavy atom. The molecule has 0 saturated carbocycles. The van der Waals surface area contributed by atoms with Gasteiger partial charge in [0.2, 0.25) is 0 Å². The number of aliphatic hydroxyl groups is 1. The molecular formula is C15H15NO4. The van der Waals surface area contributed by atoms with Crippen molar-refractivity contribution in [3.05, 3.63) is 69.8 Å². The van der Waals surface area contributed by atoms with Crippen LogP contribution >= 0.6 is 0 Å². The van der Waals surface area contributed by atoms with E-state index in [0.717, 1.165) is 5.56 Å². The van der Waals surface area contributed by atoms with E-state index in [2.05, 4.69) is 0 Å². The van der Waals surface area contributed by atoms with Gasteiger partial charge in [0.15, 0.2) is 0 Å². The van der Waals surface area contributed by atoms with E-state index in [9.17, 15) is 15.2 Å². The summed E-state index contributed by atoms with van der Waals surface area (Å²) in [5.74, 6) is 0.604. The quantitative estimate of drug-likeness (QED) is 0.670. The van der Waals surface area contributed by atoms with Gasteiger partial charge in [-0.25, -0.2) is 0 Å². The van der Waals surface area contributed by atoms with Crippen LogP contribution < -0.4 is 4.74 Å². The van der Waals surface area contributed by atoms with Gasteiger partial charge < -0.3 is 9.84 Å². The summed E-state index contributed by atoms with van der Waals surface area (Å²) in [6.07, 6.45) is -0.528. The summed E-state index contributed by atoms with van der Waals surface area (Å²) in [6.45, 7) is 1.81. The average Bonchev–Trinajstić information content (AvgIpc) is 2.45. The third-order valence-corrected chi connectivity index (χ3v) is 2.95. The summed E-state index contributed by atoms with van der Waals surface area (Å²) in [6, 6.07) is 13.5. The molecule has 0 aliphatic rings. The van der Waals surface area contributed by atoms with Gasteiger partial charge in [0, 0.05) is 6.07 Å². The number of nitro groups is 1. The second-order valence-corrected chi connectivity index (χ2v) is 4.42. The van der Waals surface area contributed by atoms with Crippen molar-refractivity contribution >= 4 is 5.69 Å². The van der Waals surface area contributed by atoms with Gasteiger partial charge in [-0.3, -0.25) is 10.1 Å². The zero-order valence-electron chi connectivity index (χ0n) is 11.0. The van der Waals surface area contributed by atoms with Crippen molar-refractivity contribution in [3.63, 3.8) is 0 Å². The van der Waals surface area contributed by atoms with Gasteiger partial charge in [0.25, 0.3) is 5.69 Å². The Bertz CT molecular complexity index is 593. The van der Waals surface area contributed by atoms with E-state index in [1.807, 2.05) is 0 Å². The van der Waals surface area contributed by atoms with E-state index in [1.165, 1.54) is 6.07 Å². The summed E-state index contributed by atoms with van der Waals surface area (Å²) >= 11 is 0. The molecule has 0 aliphatic carbocycles. The summed E-state index contributed by atoms with van der Waals surface area (Å²) < 4.78 is 5.53. The number of nitro benzene ring substituents is 1. The van der Waals surface area contributed by atoms with Gasteiger partial charge in [-0.05, 0) is 30.7 Å². The van der Waals surface area contributed by atoms with Crippen LogP contribution in [0.3, 0.4) is 0 Å². The van der Waals surface area contributed by atoms with Crippen molar-refractivity contribution in [2.75, 3.05) is 0 Å². The second-order valence-electron chi connectivity index (χ2n) is 4.42. The molecule has 0 saturated heterocycles. The molecular weight excluding hydrogens is 258 g/mol. The lowest BCUT2D eigenvalue weighted by atomic mass is 10.1. The Morgan fingerprint density at radius 2 is 1.85 bits per heavy atom. The van der Waals surface area contributed by atoms with Gasteiger partial charge in [0.05, 0.1) is 16.6 Å². The van der Waals surface area contributed by atoms with Crippen LogP contribution in [0.2, 0.25) is 0 Å². The fourth-order valence-corrected chi connectivity index (χ4v) is 1.81. The molecule has 0 spiro atoms. The Kier molecular flexibility index (Phi) is 4.32. The van der Waals surface area contributed by atoms with Crippen LogP contribution in [0.5, 0.6) is 5.75 Å². The maximum Gasteiger partial charge on any atom is 0.276 e. The molecule has 2 rings (SSSR count). The van der Waals surface area contributed by atoms with Gasteiger partial charge in [0.1, 0.15) is 12.4 Å². The lowest BCUT2D eigenvalue weighted by Gasteiger charge is -2.09. The van der Waals surface area contributed by atoms with Gasteiger partial charge in [-0.1, -0.05) is 24.3 Å². The lowest BCUT2D eigenvalue weighted by Crippen LogP contribution is -2.00. The Hall–Kier alpha value is -2.40. The maximum absolute atomic E-state index is 10.9. The molecule has 2 aromatic carbocycles. The molecule has 0 bridgehead atoms. The highest BCUT2D eigenvalue weighted by Crippen LogP contribution is 2.21. The SMILES string of the molecule is CC(O)c1ccc(OCc2ccccc2[N+](=O)[O-])cc1. The zero-order chi connectivity index (χ0) is 14.5. The summed E-state index contributed by atoms with van der Waals surface area (Å²) in [7, 11) is 0. The Morgan fingerprint density at radius 1 is 1.20 bits per heavy atom. The highest BCUT2D eigenvalue weighted by molar-refractivity contribution is 5.39. The molecule has 1 atom stereocenters. The topological polar surface area (TPSA) is 72.6 Å². The molecule has 0 aliphatic heterocycles. The molecule has 104 valence electrons. The Labute approximate surface area is 116 Å². The normalized spacial score (nSPS) is 11.9. The predicted octanol–water partition coefficient (Wildman–Crippen LogP) is 3.23. The van der Waals surface area contributed by atoms with Gasteiger partial charge in [-0.15, -0.1) is 0 Å². The number of hydrogen-bond acceptors (Lipinski definition) is 4. The minimum absolute atomic E-state index is 0.0492. The summed E-state index contributed by atoms with van der Waals surface area (Å²) in [5.41, 5.74) is 1.37. The minimum Gasteiger partial charge on any atom is -0.489 e. The van der Waals surface area contributed by atoms with Crippen molar-refractivity contribution in [2.45, 2.75) is 19.6 Å². The Balaban J connectivity index is 2.07. The number of nitrogens with zero attached hydrogens (tertiary/aromatic N) is 1. The van der Waals surface area contributed by atoms with E-state index in [0.29, 0.717) is 11.3 Å². The van der Waals surface area contributed by atoms with Crippen LogP contribution in [0.15, 0.2) is 48.5 Å². The zero-order valence-corrected chi connectivity index (χ0v) is 11.0. The van der Waals surface area contributed by atoms with Crippen LogP contribution in [-0.2, 0) is 6.61 Å². The molecule has 0 fully saturated rings. The lowest BCUT2D eigenvalue weighted by molar-refractivity contribution is -0.385. The first kappa shape index (κ1) is 14.0. The van der Waals surface area contributed by atoms with Crippen LogP contribution in [0.1, 0.15) is 24.2 Å². The van der Waals surface area contributed by atoms with Crippen molar-refractivity contribution in [3.8, 4) is 5.75 Å². The largest absolute Gasteiger partial charge is 0.489 e. The fraction of sp³-hybridized carbons (Fsp3) is 0.200. The molecule has 2 aromatic rings. The maximum atomic E-state index is 10.9. The highest BCUT2D eigenvalue weighted by atomic mass is 16.6. The fourth-order valence-electron chi connectivity index (χ4n) is 1.81. The predicted molar refractivity (Wildman–Crippen MR) is 74.5 cm³/mol. The number of aliphatic hydroxyl groups excluding tert-OH is 1. The molecule has 5 nitrogen and oxygen atoms in total. The van der Waals surface area contributed by atoms with E-state index in [-0.39, 0.29) is 12.3 Å². The third-order valence-electron chi connectivity index (χ3n) is 2.95. The number of ether oxygens (including phenoxy) is 1. The van der Waals surface area contributed by atoms with E-state index in [4.69, 9.17) is 4.74 Å². The van der Waals surface area contributed by atoms with Crippen molar-refractivity contribution < 1.29 is 14.8 Å². The number of rotatable bonds is 5. The highest BCUT2D eigenvalue weighted by Gasteiger charge is 2.12. The summed E-state index contributed by atoms with van der Waals surface area (Å²) in [4.78, 5) is 10.5. The van der Waals surface area contributed by atoms with E-state index >= 15 is 0 Å². The number of hydrogen-bond donors (Lipinski definition) is 1. The standard InChI is InChI=1S/C15H15NO4/c1-11(17)12-6-8-14(9-7-12)20-10-13-4-2-3-5-15(13)16(18)19/h2-9,11,17H,10H2,1H3. The van der Waals surface area contributed by atoms with Gasteiger partial charge in [-0.2, -0.15) is 0 Å². The van der Waals surface area contributed by atoms with E-state index < -0.39 is 11.0 Å². The molecule has 0 aromatic heterocycles. The van der Waals surface area contributed by atoms with Crippen LogP contribution in [0, 0.1) is 10.1 Å². The third kappa shape index (κ3) is 3.33. The average molecular weight is 273 g/mol. The first-order valence-corrected chi connectivity index (χ1v) is 6.21. The van der Waals surface area contributed by atoms with Gasteiger partial charge >= 0.3 is 0 Å². The molecule has 1 unspecified atom stereocenters. The first-order chi connectivity index (χ1) is 9.58. The minimum atomic E-state index is -0.528. The second kappa shape index (κ2) is 6.16. The van der Waals surface area contributed by atoms with Crippen molar-refractivity contribution in [1.29, 1.82) is 0 Å². The smallest absolute Gasteiger partial charge is 0.276 e. The monoisotopic (exact) mass is 273 g/mol. The van der Waals surface area contributed by atoms with Crippen LogP contribution in [0.4, 0.5) is 5.69 Å². The van der Waals surface area contributed by atoms with E-state index in [1.54, 1.807) is 49.4 Å². The molecule has 20 heavy (non-hydrogen) atoms. The molecule has 5 heteroatoms.